The number of nitrogens with zero attached hydrogens (tertiary/aromatic N) is 5. The van der Waals surface area contributed by atoms with Crippen molar-refractivity contribution in [1.29, 1.82) is 5.41 Å². The summed E-state index contributed by atoms with van der Waals surface area (Å²) in [4.78, 5) is 43.4. The van der Waals surface area contributed by atoms with Gasteiger partial charge in [0.05, 0.1) is 25.1 Å². The van der Waals surface area contributed by atoms with E-state index in [9.17, 15) is 44.1 Å². The molecule has 1 amide bonds. The fraction of sp³-hybridized carbons (Fsp3) is 0.476. The Bertz CT molecular complexity index is 1740. The molecule has 0 radical (unpaired) electrons. The van der Waals surface area contributed by atoms with Crippen LogP contribution >= 0.6 is 15.6 Å². The van der Waals surface area contributed by atoms with Crippen LogP contribution in [0.15, 0.2) is 31.0 Å². The Morgan fingerprint density at radius 3 is 2.02 bits per heavy atom. The van der Waals surface area contributed by atoms with Gasteiger partial charge in [-0.15, -0.1) is 0 Å². The quantitative estimate of drug-likeness (QED) is 0.0911. The average molecular weight is 678 g/mol. The van der Waals surface area contributed by atoms with Crippen molar-refractivity contribution in [2.75, 3.05) is 18.9 Å². The van der Waals surface area contributed by atoms with Crippen molar-refractivity contribution in [2.24, 2.45) is 5.73 Å². The molecule has 3 aromatic heterocycles. The lowest BCUT2D eigenvalue weighted by atomic mass is 10.1. The summed E-state index contributed by atoms with van der Waals surface area (Å²) in [6, 6.07) is 2.43. The number of carbonyl (C=O) groups excluding carboxylic acids is 1. The monoisotopic (exact) mass is 678 g/mol. The van der Waals surface area contributed by atoms with Gasteiger partial charge in [-0.05, 0) is 12.1 Å². The molecule has 0 bridgehead atoms. The lowest BCUT2D eigenvalue weighted by molar-refractivity contribution is -0.0555. The molecule has 2 fully saturated rings. The molecule has 0 aliphatic carbocycles. The number of amides is 1. The number of hydrogen-bond donors (Lipinski definition) is 9. The van der Waals surface area contributed by atoms with Gasteiger partial charge in [-0.2, -0.15) is 4.31 Å². The van der Waals surface area contributed by atoms with Crippen LogP contribution in [0.1, 0.15) is 22.8 Å². The first-order chi connectivity index (χ1) is 21.1. The van der Waals surface area contributed by atoms with E-state index >= 15 is 0 Å². The van der Waals surface area contributed by atoms with Crippen LogP contribution in [0.25, 0.3) is 11.2 Å². The van der Waals surface area contributed by atoms with Gasteiger partial charge in [0.1, 0.15) is 54.0 Å². The minimum Gasteiger partial charge on any atom is -0.387 e. The molecule has 10 atom stereocenters. The number of ether oxygens (including phenoxy) is 2. The summed E-state index contributed by atoms with van der Waals surface area (Å²) in [5, 5.41) is 49.7. The fourth-order valence-corrected chi connectivity index (χ4v) is 6.73. The molecule has 2 unspecified atom stereocenters. The molecule has 5 heterocycles. The third-order valence-electron chi connectivity index (χ3n) is 6.88. The van der Waals surface area contributed by atoms with Crippen molar-refractivity contribution in [3.05, 3.63) is 42.0 Å². The molecular weight excluding hydrogens is 650 g/mol. The van der Waals surface area contributed by atoms with E-state index in [4.69, 9.17) is 30.9 Å². The molecule has 22 nitrogen and oxygen atoms in total. The number of hydrogen-bond acceptors (Lipinski definition) is 17. The lowest BCUT2D eigenvalue weighted by Crippen LogP contribution is -2.35. The first kappa shape index (κ1) is 33.2. The van der Waals surface area contributed by atoms with E-state index in [1.54, 1.807) is 0 Å². The Morgan fingerprint density at radius 1 is 0.911 bits per heavy atom. The number of nitrogen functional groups attached to an aromatic ring is 1. The van der Waals surface area contributed by atoms with Gasteiger partial charge in [0.25, 0.3) is 0 Å². The molecule has 3 aromatic rings. The van der Waals surface area contributed by atoms with Gasteiger partial charge in [-0.3, -0.25) is 23.8 Å². The Hall–Kier alpha value is -3.21. The molecular formula is C21H28N8O14P2. The summed E-state index contributed by atoms with van der Waals surface area (Å²) in [6.45, 7) is -1.88. The number of pyridine rings is 1. The molecule has 45 heavy (non-hydrogen) atoms. The third-order valence-corrected chi connectivity index (χ3v) is 9.48. The van der Waals surface area contributed by atoms with Gasteiger partial charge in [0.2, 0.25) is 5.91 Å². The number of carbonyl (C=O) groups is 1. The lowest BCUT2D eigenvalue weighted by Gasteiger charge is -2.21. The number of phosphoric acid groups is 2. The van der Waals surface area contributed by atoms with Crippen LogP contribution in [0.4, 0.5) is 5.82 Å². The van der Waals surface area contributed by atoms with Crippen molar-refractivity contribution < 1.29 is 67.0 Å². The van der Waals surface area contributed by atoms with Crippen LogP contribution in [-0.2, 0) is 32.0 Å². The van der Waals surface area contributed by atoms with Crippen LogP contribution < -0.4 is 17.0 Å². The average Bonchev–Trinajstić information content (AvgIpc) is 3.61. The molecule has 2 aliphatic heterocycles. The molecule has 2 aliphatic rings. The Balaban J connectivity index is 1.17. The topological polar surface area (TPSA) is 343 Å². The zero-order chi connectivity index (χ0) is 32.8. The van der Waals surface area contributed by atoms with E-state index < -0.39 is 83.8 Å². The zero-order valence-electron chi connectivity index (χ0n) is 22.7. The highest BCUT2D eigenvalue weighted by atomic mass is 31.3. The highest BCUT2D eigenvalue weighted by molar-refractivity contribution is 7.61. The van der Waals surface area contributed by atoms with Gasteiger partial charge >= 0.3 is 15.6 Å². The van der Waals surface area contributed by atoms with E-state index in [2.05, 4.69) is 23.8 Å². The van der Waals surface area contributed by atoms with Crippen LogP contribution in [0.5, 0.6) is 0 Å². The van der Waals surface area contributed by atoms with Crippen molar-refractivity contribution >= 4 is 38.5 Å². The molecule has 0 aromatic carbocycles. The predicted molar refractivity (Wildman–Crippen MR) is 143 cm³/mol. The Kier molecular flexibility index (Phi) is 9.23. The third kappa shape index (κ3) is 6.83. The number of imidazole rings is 1. The largest absolute Gasteiger partial charge is 0.481 e. The van der Waals surface area contributed by atoms with Crippen molar-refractivity contribution in [3.8, 4) is 0 Å². The highest BCUT2D eigenvalue weighted by Gasteiger charge is 2.48. The maximum absolute atomic E-state index is 12.4. The normalized spacial score (nSPS) is 31.2. The molecule has 2 saturated heterocycles. The van der Waals surface area contributed by atoms with E-state index in [0.29, 0.717) is 0 Å². The van der Waals surface area contributed by atoms with Crippen molar-refractivity contribution in [2.45, 2.75) is 49.1 Å². The van der Waals surface area contributed by atoms with E-state index in [-0.39, 0.29) is 28.0 Å². The first-order valence-electron chi connectivity index (χ1n) is 12.8. The number of anilines is 1. The minimum atomic E-state index is -5.41. The first-order valence-corrected chi connectivity index (χ1v) is 15.8. The summed E-state index contributed by atoms with van der Waals surface area (Å²) in [5.74, 6) is -0.801. The van der Waals surface area contributed by atoms with Crippen LogP contribution in [0.2, 0.25) is 0 Å². The maximum Gasteiger partial charge on any atom is 0.481 e. The van der Waals surface area contributed by atoms with Crippen LogP contribution in [0, 0.1) is 5.41 Å². The number of nitrogens with two attached hydrogens (primary N) is 2. The van der Waals surface area contributed by atoms with Crippen LogP contribution in [-0.4, -0.2) is 110 Å². The summed E-state index contributed by atoms with van der Waals surface area (Å²) in [5.41, 5.74) is 11.0. The van der Waals surface area contributed by atoms with Crippen molar-refractivity contribution in [3.63, 3.8) is 0 Å². The maximum atomic E-state index is 12.4. The van der Waals surface area contributed by atoms with Gasteiger partial charge in [-0.25, -0.2) is 24.1 Å². The molecule has 0 saturated carbocycles. The van der Waals surface area contributed by atoms with Gasteiger partial charge in [0.15, 0.2) is 23.9 Å². The van der Waals surface area contributed by atoms with E-state index in [0.717, 1.165) is 17.1 Å². The number of aromatic nitrogens is 5. The summed E-state index contributed by atoms with van der Waals surface area (Å²) in [6.07, 6.45) is -8.97. The summed E-state index contributed by atoms with van der Waals surface area (Å²) >= 11 is 0. The molecule has 24 heteroatoms. The number of rotatable bonds is 11. The smallest absolute Gasteiger partial charge is 0.387 e. The molecule has 5 rings (SSSR count). The summed E-state index contributed by atoms with van der Waals surface area (Å²) in [7, 11) is -10.8. The predicted octanol–water partition coefficient (Wildman–Crippen LogP) is -3.02. The SMILES string of the molecule is N=c1ccc(C(N)=O)cn1[C@@H]1O[C@H](COP(=O)(O)OP(=O)(O)OC[C@H]2O[C@@H](n3cnc4c(N)ncnc43)[C@H](O)[C@@H]2O)[C@@H](O)[C@H]1O. The van der Waals surface area contributed by atoms with E-state index in [1.165, 1.54) is 23.0 Å². The second kappa shape index (κ2) is 12.5. The van der Waals surface area contributed by atoms with Gasteiger partial charge < -0.3 is 55.7 Å². The van der Waals surface area contributed by atoms with Crippen molar-refractivity contribution in [1.82, 2.24) is 24.1 Å². The van der Waals surface area contributed by atoms with E-state index in [1.807, 2.05) is 0 Å². The summed E-state index contributed by atoms with van der Waals surface area (Å²) < 4.78 is 51.7. The molecule has 246 valence electrons. The highest BCUT2D eigenvalue weighted by Crippen LogP contribution is 2.60. The molecule has 11 N–H and O–H groups in total. The minimum absolute atomic E-state index is 0.0431. The van der Waals surface area contributed by atoms with Crippen LogP contribution in [0.3, 0.4) is 0 Å². The number of aliphatic hydroxyl groups is 4. The van der Waals surface area contributed by atoms with Gasteiger partial charge in [0, 0.05) is 6.20 Å². The number of nitrogens with one attached hydrogen (secondary N) is 1. The standard InChI is InChI=1S/C21H28N8O14P2/c22-11-2-1-8(18(24)34)3-28(11)20-15(32)13(30)9(41-20)4-39-44(35,36)43-45(37,38)40-5-10-14(31)16(33)21(42-10)29-7-27-12-17(23)25-6-26-19(12)29/h1-3,6-7,9-10,13-16,20-22,30-33H,4-5H2,(H2,24,34)(H,35,36)(H,37,38)(H2,23,25,26)/t9-,10-,13-,14-,15-,16-,20-,21-/m1/s1. The number of aliphatic hydroxyl groups excluding tert-OH is 4. The number of phosphoric ester groups is 2. The number of fused-ring (bicyclic) bond motifs is 1. The fourth-order valence-electron chi connectivity index (χ4n) is 4.64. The Labute approximate surface area is 251 Å². The Morgan fingerprint density at radius 2 is 1.47 bits per heavy atom. The van der Waals surface area contributed by atoms with Gasteiger partial charge in [-0.1, -0.05) is 0 Å². The second-order valence-corrected chi connectivity index (χ2v) is 12.9. The number of primary amides is 1. The molecule has 0 spiro atoms. The second-order valence-electron chi connectivity index (χ2n) is 9.86. The zero-order valence-corrected chi connectivity index (χ0v) is 24.4.